The third-order valence-corrected chi connectivity index (χ3v) is 4.40. The maximum atomic E-state index is 5.58. The number of hydrogen-bond donors (Lipinski definition) is 1. The molecule has 1 aromatic heterocycles. The lowest BCUT2D eigenvalue weighted by atomic mass is 10.1. The van der Waals surface area contributed by atoms with Gasteiger partial charge in [0.1, 0.15) is 16.4 Å². The fourth-order valence-electron chi connectivity index (χ4n) is 2.76. The van der Waals surface area contributed by atoms with Crippen LogP contribution in [0.1, 0.15) is 49.2 Å². The predicted octanol–water partition coefficient (Wildman–Crippen LogP) is 3.73. The molecule has 1 aliphatic rings. The van der Waals surface area contributed by atoms with E-state index in [0.29, 0.717) is 12.5 Å². The Kier molecular flexibility index (Phi) is 4.31. The van der Waals surface area contributed by atoms with E-state index in [1.165, 1.54) is 5.56 Å². The van der Waals surface area contributed by atoms with E-state index < -0.39 is 0 Å². The third-order valence-electron chi connectivity index (χ3n) is 4.06. The smallest absolute Gasteiger partial charge is 0.127 e. The van der Waals surface area contributed by atoms with Crippen molar-refractivity contribution >= 4 is 28.6 Å². The first-order chi connectivity index (χ1) is 11.0. The molecule has 120 valence electrons. The average molecular weight is 326 g/mol. The Labute approximate surface area is 142 Å². The van der Waals surface area contributed by atoms with Crippen LogP contribution in [-0.2, 0) is 6.54 Å². The number of aliphatic imine (C=N–C) groups is 1. The summed E-state index contributed by atoms with van der Waals surface area (Å²) in [5.74, 6) is 0.306. The van der Waals surface area contributed by atoms with E-state index in [9.17, 15) is 0 Å². The molecular weight excluding hydrogens is 304 g/mol. The third kappa shape index (κ3) is 2.93. The molecule has 0 saturated heterocycles. The molecule has 2 heterocycles. The lowest BCUT2D eigenvalue weighted by molar-refractivity contribution is 0.630. The van der Waals surface area contributed by atoms with Crippen LogP contribution in [0.15, 0.2) is 29.3 Å². The molecule has 23 heavy (non-hydrogen) atoms. The molecule has 0 aliphatic carbocycles. The van der Waals surface area contributed by atoms with Crippen LogP contribution in [0.25, 0.3) is 0 Å². The second-order valence-corrected chi connectivity index (χ2v) is 6.57. The largest absolute Gasteiger partial charge is 0.369 e. The van der Waals surface area contributed by atoms with Gasteiger partial charge < -0.3 is 5.32 Å². The molecule has 0 unspecified atom stereocenters. The molecule has 0 amide bonds. The van der Waals surface area contributed by atoms with E-state index in [1.807, 2.05) is 4.68 Å². The normalized spacial score (nSPS) is 14.3. The number of hydrogen-bond acceptors (Lipinski definition) is 3. The first kappa shape index (κ1) is 15.9. The van der Waals surface area contributed by atoms with Gasteiger partial charge in [0.05, 0.1) is 18.0 Å². The molecule has 0 bridgehead atoms. The number of nitrogens with one attached hydrogen (secondary N) is 1. The minimum absolute atomic E-state index is 0.306. The Hall–Kier alpha value is -2.01. The van der Waals surface area contributed by atoms with Crippen molar-refractivity contribution in [3.05, 3.63) is 46.8 Å². The van der Waals surface area contributed by atoms with E-state index in [2.05, 4.69) is 57.3 Å². The van der Waals surface area contributed by atoms with Crippen molar-refractivity contribution in [2.24, 2.45) is 4.99 Å². The van der Waals surface area contributed by atoms with Crippen molar-refractivity contribution < 1.29 is 0 Å². The van der Waals surface area contributed by atoms with Gasteiger partial charge in [0.2, 0.25) is 0 Å². The highest BCUT2D eigenvalue weighted by Gasteiger charge is 2.25. The maximum absolute atomic E-state index is 5.58. The Morgan fingerprint density at radius 1 is 1.26 bits per heavy atom. The van der Waals surface area contributed by atoms with Gasteiger partial charge in [-0.2, -0.15) is 5.10 Å². The van der Waals surface area contributed by atoms with Crippen LogP contribution >= 0.6 is 12.2 Å². The van der Waals surface area contributed by atoms with Crippen LogP contribution < -0.4 is 5.32 Å². The lowest BCUT2D eigenvalue weighted by Crippen LogP contribution is -2.29. The highest BCUT2D eigenvalue weighted by molar-refractivity contribution is 7.80. The van der Waals surface area contributed by atoms with Crippen LogP contribution in [0.5, 0.6) is 0 Å². The van der Waals surface area contributed by atoms with E-state index in [4.69, 9.17) is 22.3 Å². The Balaban J connectivity index is 2.17. The predicted molar refractivity (Wildman–Crippen MR) is 99.1 cm³/mol. The number of aromatic nitrogens is 2. The fraction of sp³-hybridized carbons (Fsp3) is 0.389. The second-order valence-electron chi connectivity index (χ2n) is 6.16. The van der Waals surface area contributed by atoms with Crippen LogP contribution in [0.2, 0.25) is 0 Å². The molecule has 0 atom stereocenters. The van der Waals surface area contributed by atoms with Gasteiger partial charge in [-0.15, -0.1) is 0 Å². The first-order valence-corrected chi connectivity index (χ1v) is 8.45. The van der Waals surface area contributed by atoms with Gasteiger partial charge in [0, 0.05) is 6.54 Å². The SMILES string of the molecule is CCn1nc(C(C)C)c2c1C(=S)NCC(c1ccc(C)cc1)=N2. The second kappa shape index (κ2) is 6.24. The molecule has 0 spiro atoms. The minimum Gasteiger partial charge on any atom is -0.369 e. The maximum Gasteiger partial charge on any atom is 0.127 e. The first-order valence-electron chi connectivity index (χ1n) is 8.04. The summed E-state index contributed by atoms with van der Waals surface area (Å²) < 4.78 is 1.96. The molecule has 3 rings (SSSR count). The number of benzene rings is 1. The van der Waals surface area contributed by atoms with Gasteiger partial charge in [-0.05, 0) is 25.3 Å². The average Bonchev–Trinajstić information content (AvgIpc) is 2.82. The quantitative estimate of drug-likeness (QED) is 0.874. The van der Waals surface area contributed by atoms with Gasteiger partial charge in [-0.1, -0.05) is 55.9 Å². The summed E-state index contributed by atoms with van der Waals surface area (Å²) in [6, 6.07) is 8.45. The topological polar surface area (TPSA) is 42.2 Å². The number of aryl methyl sites for hydroxylation is 2. The van der Waals surface area contributed by atoms with Crippen molar-refractivity contribution in [2.75, 3.05) is 6.54 Å². The summed E-state index contributed by atoms with van der Waals surface area (Å²) in [5.41, 5.74) is 6.24. The highest BCUT2D eigenvalue weighted by Crippen LogP contribution is 2.32. The summed E-state index contributed by atoms with van der Waals surface area (Å²) in [4.78, 5) is 5.69. The molecule has 1 aromatic carbocycles. The lowest BCUT2D eigenvalue weighted by Gasteiger charge is -2.08. The standard InChI is InChI=1S/C18H22N4S/c1-5-22-17-16(15(21-22)11(2)3)20-14(10-19-18(17)23)13-8-6-12(4)7-9-13/h6-9,11H,5,10H2,1-4H3,(H,19,23). The molecule has 0 saturated carbocycles. The van der Waals surface area contributed by atoms with Gasteiger partial charge in [-0.25, -0.2) is 4.99 Å². The zero-order chi connectivity index (χ0) is 16.6. The summed E-state index contributed by atoms with van der Waals surface area (Å²) in [5, 5.41) is 8.06. The molecule has 2 aromatic rings. The summed E-state index contributed by atoms with van der Waals surface area (Å²) in [6.07, 6.45) is 0. The summed E-state index contributed by atoms with van der Waals surface area (Å²) in [7, 11) is 0. The van der Waals surface area contributed by atoms with Crippen LogP contribution in [0.4, 0.5) is 5.69 Å². The van der Waals surface area contributed by atoms with E-state index in [-0.39, 0.29) is 0 Å². The molecule has 0 radical (unpaired) electrons. The number of rotatable bonds is 3. The van der Waals surface area contributed by atoms with Crippen LogP contribution in [-0.4, -0.2) is 27.0 Å². The molecule has 4 nitrogen and oxygen atoms in total. The van der Waals surface area contributed by atoms with E-state index in [0.717, 1.165) is 39.9 Å². The van der Waals surface area contributed by atoms with E-state index in [1.54, 1.807) is 0 Å². The van der Waals surface area contributed by atoms with Crippen molar-refractivity contribution in [3.8, 4) is 0 Å². The molecular formula is C18H22N4S. The molecule has 5 heteroatoms. The molecule has 1 N–H and O–H groups in total. The van der Waals surface area contributed by atoms with Gasteiger partial charge >= 0.3 is 0 Å². The zero-order valence-corrected chi connectivity index (χ0v) is 14.9. The minimum atomic E-state index is 0.306. The molecule has 1 aliphatic heterocycles. The summed E-state index contributed by atoms with van der Waals surface area (Å²) >= 11 is 5.58. The number of thiocarbonyl (C=S) groups is 1. The van der Waals surface area contributed by atoms with Gasteiger partial charge in [0.15, 0.2) is 0 Å². The van der Waals surface area contributed by atoms with Crippen molar-refractivity contribution in [1.82, 2.24) is 15.1 Å². The summed E-state index contributed by atoms with van der Waals surface area (Å²) in [6.45, 7) is 9.88. The van der Waals surface area contributed by atoms with Crippen molar-refractivity contribution in [3.63, 3.8) is 0 Å². The Morgan fingerprint density at radius 3 is 2.57 bits per heavy atom. The molecule has 0 fully saturated rings. The Morgan fingerprint density at radius 2 is 1.96 bits per heavy atom. The van der Waals surface area contributed by atoms with E-state index >= 15 is 0 Å². The van der Waals surface area contributed by atoms with Crippen LogP contribution in [0.3, 0.4) is 0 Å². The zero-order valence-electron chi connectivity index (χ0n) is 14.1. The van der Waals surface area contributed by atoms with Gasteiger partial charge in [-0.3, -0.25) is 4.68 Å². The number of nitrogens with zero attached hydrogens (tertiary/aromatic N) is 3. The van der Waals surface area contributed by atoms with Crippen LogP contribution in [0, 0.1) is 6.92 Å². The number of fused-ring (bicyclic) bond motifs is 1. The Bertz CT molecular complexity index is 769. The fourth-order valence-corrected chi connectivity index (χ4v) is 3.03. The van der Waals surface area contributed by atoms with Gasteiger partial charge in [0.25, 0.3) is 0 Å². The highest BCUT2D eigenvalue weighted by atomic mass is 32.1. The monoisotopic (exact) mass is 326 g/mol. The van der Waals surface area contributed by atoms with Crippen molar-refractivity contribution in [1.29, 1.82) is 0 Å². The van der Waals surface area contributed by atoms with Crippen molar-refractivity contribution in [2.45, 2.75) is 40.2 Å².